The normalized spacial score (nSPS) is 11.9. The van der Waals surface area contributed by atoms with E-state index in [0.717, 1.165) is 12.1 Å². The molecule has 0 fully saturated rings. The van der Waals surface area contributed by atoms with Gasteiger partial charge in [-0.15, -0.1) is 24.0 Å². The summed E-state index contributed by atoms with van der Waals surface area (Å²) in [7, 11) is 0. The molecule has 0 amide bonds. The summed E-state index contributed by atoms with van der Waals surface area (Å²) in [5.74, 6) is 0.571. The Morgan fingerprint density at radius 1 is 1.29 bits per heavy atom. The van der Waals surface area contributed by atoms with Gasteiger partial charge in [0.25, 0.3) is 0 Å². The number of hydrogen-bond donors (Lipinski definition) is 2. The average molecular weight is 236 g/mol. The Bertz CT molecular complexity index is 231. The standard InChI is InChI=1S/C10H14ClNO.ClH/c11-6-7-12-8-10(13)9-4-2-1-3-5-9;/h1-5,10,12-13H,6-8H2;1H/t10-;/m1./s1. The highest BCUT2D eigenvalue weighted by atomic mass is 35.5. The van der Waals surface area contributed by atoms with E-state index in [9.17, 15) is 5.11 Å². The van der Waals surface area contributed by atoms with Gasteiger partial charge in [-0.1, -0.05) is 30.3 Å². The third-order valence-corrected chi connectivity index (χ3v) is 1.98. The third kappa shape index (κ3) is 4.82. The molecular weight excluding hydrogens is 221 g/mol. The van der Waals surface area contributed by atoms with Gasteiger partial charge in [-0.2, -0.15) is 0 Å². The quantitative estimate of drug-likeness (QED) is 0.605. The number of rotatable bonds is 5. The minimum Gasteiger partial charge on any atom is -0.387 e. The van der Waals surface area contributed by atoms with Crippen LogP contribution < -0.4 is 5.32 Å². The van der Waals surface area contributed by atoms with Crippen LogP contribution in [-0.4, -0.2) is 24.1 Å². The summed E-state index contributed by atoms with van der Waals surface area (Å²) in [4.78, 5) is 0. The number of aliphatic hydroxyl groups excluding tert-OH is 1. The lowest BCUT2D eigenvalue weighted by atomic mass is 10.1. The van der Waals surface area contributed by atoms with Crippen molar-refractivity contribution >= 4 is 24.0 Å². The Labute approximate surface area is 95.7 Å². The first-order valence-corrected chi connectivity index (χ1v) is 4.87. The van der Waals surface area contributed by atoms with E-state index in [0.29, 0.717) is 12.4 Å². The zero-order chi connectivity index (χ0) is 9.52. The molecule has 2 nitrogen and oxygen atoms in total. The van der Waals surface area contributed by atoms with Crippen LogP contribution in [0.25, 0.3) is 0 Å². The topological polar surface area (TPSA) is 32.3 Å². The molecule has 0 aliphatic heterocycles. The molecule has 0 saturated heterocycles. The van der Waals surface area contributed by atoms with Crippen LogP contribution in [0.4, 0.5) is 0 Å². The van der Waals surface area contributed by atoms with Crippen LogP contribution >= 0.6 is 24.0 Å². The van der Waals surface area contributed by atoms with Gasteiger partial charge in [0.2, 0.25) is 0 Å². The number of halogens is 2. The van der Waals surface area contributed by atoms with Crippen molar-refractivity contribution in [2.24, 2.45) is 0 Å². The molecule has 0 aliphatic rings. The maximum atomic E-state index is 9.64. The van der Waals surface area contributed by atoms with Crippen LogP contribution in [0.15, 0.2) is 30.3 Å². The van der Waals surface area contributed by atoms with E-state index in [1.165, 1.54) is 0 Å². The van der Waals surface area contributed by atoms with Crippen LogP contribution in [0.1, 0.15) is 11.7 Å². The van der Waals surface area contributed by atoms with Crippen LogP contribution in [0, 0.1) is 0 Å². The van der Waals surface area contributed by atoms with E-state index >= 15 is 0 Å². The van der Waals surface area contributed by atoms with Gasteiger partial charge < -0.3 is 10.4 Å². The van der Waals surface area contributed by atoms with Crippen molar-refractivity contribution in [2.75, 3.05) is 19.0 Å². The minimum absolute atomic E-state index is 0. The van der Waals surface area contributed by atoms with Gasteiger partial charge in [-0.05, 0) is 5.56 Å². The van der Waals surface area contributed by atoms with E-state index in [4.69, 9.17) is 11.6 Å². The Morgan fingerprint density at radius 3 is 2.50 bits per heavy atom. The lowest BCUT2D eigenvalue weighted by Crippen LogP contribution is -2.23. The summed E-state index contributed by atoms with van der Waals surface area (Å²) in [6.07, 6.45) is -0.440. The molecule has 0 heterocycles. The third-order valence-electron chi connectivity index (χ3n) is 1.79. The van der Waals surface area contributed by atoms with Gasteiger partial charge >= 0.3 is 0 Å². The van der Waals surface area contributed by atoms with Gasteiger partial charge in [0.1, 0.15) is 0 Å². The van der Waals surface area contributed by atoms with Crippen molar-refractivity contribution in [1.29, 1.82) is 0 Å². The van der Waals surface area contributed by atoms with Crippen LogP contribution in [0.2, 0.25) is 0 Å². The Hall–Kier alpha value is -0.280. The molecule has 14 heavy (non-hydrogen) atoms. The second-order valence-electron chi connectivity index (χ2n) is 2.82. The number of benzene rings is 1. The van der Waals surface area contributed by atoms with Gasteiger partial charge in [0, 0.05) is 19.0 Å². The van der Waals surface area contributed by atoms with Gasteiger partial charge in [0.15, 0.2) is 0 Å². The lowest BCUT2D eigenvalue weighted by Gasteiger charge is -2.10. The van der Waals surface area contributed by atoms with E-state index < -0.39 is 6.10 Å². The predicted octanol–water partition coefficient (Wildman–Crippen LogP) is 1.97. The van der Waals surface area contributed by atoms with Crippen LogP contribution in [-0.2, 0) is 0 Å². The van der Waals surface area contributed by atoms with Gasteiger partial charge in [-0.3, -0.25) is 0 Å². The van der Waals surface area contributed by atoms with E-state index in [2.05, 4.69) is 5.32 Å². The highest BCUT2D eigenvalue weighted by Crippen LogP contribution is 2.09. The zero-order valence-corrected chi connectivity index (χ0v) is 9.39. The Kier molecular flexibility index (Phi) is 7.90. The first-order valence-electron chi connectivity index (χ1n) is 4.34. The van der Waals surface area contributed by atoms with Crippen molar-refractivity contribution in [2.45, 2.75) is 6.10 Å². The largest absolute Gasteiger partial charge is 0.387 e. The van der Waals surface area contributed by atoms with Crippen molar-refractivity contribution in [1.82, 2.24) is 5.32 Å². The number of hydrogen-bond acceptors (Lipinski definition) is 2. The molecule has 1 aromatic rings. The SMILES string of the molecule is Cl.O[C@H](CNCCCl)c1ccccc1. The molecular formula is C10H15Cl2NO. The van der Waals surface area contributed by atoms with Crippen molar-refractivity contribution in [3.8, 4) is 0 Å². The minimum atomic E-state index is -0.440. The first-order chi connectivity index (χ1) is 6.34. The molecule has 4 heteroatoms. The fourth-order valence-electron chi connectivity index (χ4n) is 1.10. The van der Waals surface area contributed by atoms with Crippen LogP contribution in [0.5, 0.6) is 0 Å². The molecule has 80 valence electrons. The number of alkyl halides is 1. The Balaban J connectivity index is 0.00000169. The molecule has 1 rings (SSSR count). The molecule has 0 unspecified atom stereocenters. The molecule has 1 aromatic carbocycles. The molecule has 1 atom stereocenters. The average Bonchev–Trinajstić information content (AvgIpc) is 2.19. The molecule has 0 bridgehead atoms. The zero-order valence-electron chi connectivity index (χ0n) is 7.82. The summed E-state index contributed by atoms with van der Waals surface area (Å²) in [6, 6.07) is 9.59. The molecule has 0 saturated carbocycles. The first kappa shape index (κ1) is 13.7. The second kappa shape index (κ2) is 8.06. The van der Waals surface area contributed by atoms with Crippen molar-refractivity contribution < 1.29 is 5.11 Å². The number of aliphatic hydroxyl groups is 1. The van der Waals surface area contributed by atoms with Gasteiger partial charge in [-0.25, -0.2) is 0 Å². The molecule has 0 radical (unpaired) electrons. The maximum absolute atomic E-state index is 9.64. The summed E-state index contributed by atoms with van der Waals surface area (Å²) >= 11 is 5.49. The monoisotopic (exact) mass is 235 g/mol. The summed E-state index contributed by atoms with van der Waals surface area (Å²) in [6.45, 7) is 1.28. The van der Waals surface area contributed by atoms with Crippen molar-refractivity contribution in [3.63, 3.8) is 0 Å². The van der Waals surface area contributed by atoms with Gasteiger partial charge in [0.05, 0.1) is 6.10 Å². The van der Waals surface area contributed by atoms with E-state index in [1.807, 2.05) is 30.3 Å². The molecule has 0 spiro atoms. The summed E-state index contributed by atoms with van der Waals surface area (Å²) < 4.78 is 0. The maximum Gasteiger partial charge on any atom is 0.0914 e. The predicted molar refractivity (Wildman–Crippen MR) is 62.2 cm³/mol. The molecule has 2 N–H and O–H groups in total. The molecule has 0 aliphatic carbocycles. The Morgan fingerprint density at radius 2 is 1.93 bits per heavy atom. The van der Waals surface area contributed by atoms with Crippen LogP contribution in [0.3, 0.4) is 0 Å². The van der Waals surface area contributed by atoms with Crippen molar-refractivity contribution in [3.05, 3.63) is 35.9 Å². The summed E-state index contributed by atoms with van der Waals surface area (Å²) in [5, 5.41) is 12.7. The fourth-order valence-corrected chi connectivity index (χ4v) is 1.23. The van der Waals surface area contributed by atoms with E-state index in [-0.39, 0.29) is 12.4 Å². The second-order valence-corrected chi connectivity index (χ2v) is 3.20. The smallest absolute Gasteiger partial charge is 0.0914 e. The number of nitrogens with one attached hydrogen (secondary N) is 1. The highest BCUT2D eigenvalue weighted by Gasteiger charge is 2.04. The summed E-state index contributed by atoms with van der Waals surface area (Å²) in [5.41, 5.74) is 0.935. The fraction of sp³-hybridized carbons (Fsp3) is 0.400. The van der Waals surface area contributed by atoms with E-state index in [1.54, 1.807) is 0 Å². The molecule has 0 aromatic heterocycles. The highest BCUT2D eigenvalue weighted by molar-refractivity contribution is 6.18. The lowest BCUT2D eigenvalue weighted by molar-refractivity contribution is 0.175.